The first-order valence-electron chi connectivity index (χ1n) is 14.4. The van der Waals surface area contributed by atoms with Crippen molar-refractivity contribution >= 4 is 38.2 Å². The fourth-order valence-corrected chi connectivity index (χ4v) is 6.23. The molecule has 0 fully saturated rings. The molecule has 0 N–H and O–H groups in total. The summed E-state index contributed by atoms with van der Waals surface area (Å²) in [6.45, 7) is 0. The molecule has 0 spiro atoms. The van der Waals surface area contributed by atoms with Gasteiger partial charge in [0, 0.05) is 32.8 Å². The molecule has 0 saturated carbocycles. The summed E-state index contributed by atoms with van der Waals surface area (Å²) in [5.41, 5.74) is 5.31. The van der Waals surface area contributed by atoms with Crippen LogP contribution in [0.3, 0.4) is 0 Å². The first kappa shape index (κ1) is 24.4. The molecular weight excluding hydrogens is 544 g/mol. The van der Waals surface area contributed by atoms with Crippen molar-refractivity contribution in [2.45, 2.75) is 0 Å². The number of nitrogens with zero attached hydrogens (tertiary/aromatic N) is 6. The van der Waals surface area contributed by atoms with Crippen LogP contribution < -0.4 is 5.56 Å². The maximum atomic E-state index is 14.9. The van der Waals surface area contributed by atoms with E-state index in [1.54, 1.807) is 4.40 Å². The predicted octanol–water partition coefficient (Wildman–Crippen LogP) is 7.57. The van der Waals surface area contributed by atoms with Crippen LogP contribution in [-0.4, -0.2) is 28.9 Å². The fraction of sp³-hybridized carbons (Fsp3) is 0. The lowest BCUT2D eigenvalue weighted by Crippen LogP contribution is -2.18. The summed E-state index contributed by atoms with van der Waals surface area (Å²) in [5, 5.41) is 2.74. The van der Waals surface area contributed by atoms with Crippen LogP contribution in [-0.2, 0) is 0 Å². The lowest BCUT2D eigenvalue weighted by Gasteiger charge is -2.11. The Labute approximate surface area is 250 Å². The van der Waals surface area contributed by atoms with Crippen LogP contribution >= 0.6 is 0 Å². The maximum absolute atomic E-state index is 14.9. The van der Waals surface area contributed by atoms with Gasteiger partial charge in [-0.05, 0) is 12.1 Å². The van der Waals surface area contributed by atoms with Gasteiger partial charge in [0.05, 0.1) is 16.6 Å². The zero-order valence-corrected chi connectivity index (χ0v) is 23.3. The summed E-state index contributed by atoms with van der Waals surface area (Å²) in [6, 6.07) is 43.6. The number of fused-ring (bicyclic) bond motifs is 4. The Kier molecular flexibility index (Phi) is 5.21. The van der Waals surface area contributed by atoms with Crippen LogP contribution in [0.4, 0.5) is 0 Å². The van der Waals surface area contributed by atoms with Gasteiger partial charge in [0.2, 0.25) is 5.95 Å². The SMILES string of the molecule is O=c1c2c(c3ccccc3n2-c2nc(-c3ccccc3)nc(-c3ccccc3)n2)c2cccc3nc(-c4ccccc4)n1c32. The highest BCUT2D eigenvalue weighted by atomic mass is 16.1. The van der Waals surface area contributed by atoms with E-state index in [9.17, 15) is 4.79 Å². The smallest absolute Gasteiger partial charge is 0.272 e. The number of rotatable bonds is 4. The Morgan fingerprint density at radius 1 is 0.477 bits per heavy atom. The van der Waals surface area contributed by atoms with Gasteiger partial charge in [-0.1, -0.05) is 121 Å². The fourth-order valence-electron chi connectivity index (χ4n) is 6.23. The van der Waals surface area contributed by atoms with E-state index in [0.717, 1.165) is 49.4 Å². The van der Waals surface area contributed by atoms with E-state index in [2.05, 4.69) is 12.1 Å². The molecule has 0 aliphatic carbocycles. The van der Waals surface area contributed by atoms with E-state index in [-0.39, 0.29) is 5.56 Å². The number of imidazole rings is 1. The van der Waals surface area contributed by atoms with Gasteiger partial charge in [-0.25, -0.2) is 9.97 Å². The molecule has 0 unspecified atom stereocenters. The molecule has 0 saturated heterocycles. The number of pyridine rings is 1. The van der Waals surface area contributed by atoms with Gasteiger partial charge < -0.3 is 0 Å². The standard InChI is InChI=1S/C37H22N6O/c44-36-32-30(27-20-12-21-28-31(27)43(36)35(38-28)25-17-8-3-9-18-25)26-19-10-11-22-29(26)42(32)37-40-33(23-13-4-1-5-14-23)39-34(41-37)24-15-6-2-7-16-24/h1-22H. The average Bonchev–Trinajstić information content (AvgIpc) is 3.66. The molecule has 206 valence electrons. The predicted molar refractivity (Wildman–Crippen MR) is 174 cm³/mol. The Morgan fingerprint density at radius 3 is 1.70 bits per heavy atom. The van der Waals surface area contributed by atoms with Gasteiger partial charge in [-0.3, -0.25) is 13.8 Å². The zero-order chi connectivity index (χ0) is 29.2. The first-order chi connectivity index (χ1) is 21.8. The third-order valence-corrected chi connectivity index (χ3v) is 8.15. The quantitative estimate of drug-likeness (QED) is 0.220. The molecule has 7 heteroatoms. The molecule has 4 aromatic heterocycles. The molecular formula is C37H22N6O. The van der Waals surface area contributed by atoms with Gasteiger partial charge in [0.25, 0.3) is 5.56 Å². The molecule has 0 atom stereocenters. The van der Waals surface area contributed by atoms with Crippen LogP contribution in [0, 0.1) is 0 Å². The van der Waals surface area contributed by atoms with Gasteiger partial charge in [-0.15, -0.1) is 0 Å². The minimum Gasteiger partial charge on any atom is -0.272 e. The Morgan fingerprint density at radius 2 is 1.05 bits per heavy atom. The number of para-hydroxylation sites is 2. The highest BCUT2D eigenvalue weighted by Gasteiger charge is 2.25. The van der Waals surface area contributed by atoms with Crippen molar-refractivity contribution in [2.75, 3.05) is 0 Å². The minimum atomic E-state index is -0.181. The van der Waals surface area contributed by atoms with Crippen LogP contribution in [0.2, 0.25) is 0 Å². The highest BCUT2D eigenvalue weighted by Crippen LogP contribution is 2.37. The number of hydrogen-bond donors (Lipinski definition) is 0. The van der Waals surface area contributed by atoms with Crippen LogP contribution in [0.25, 0.3) is 78.3 Å². The first-order valence-corrected chi connectivity index (χ1v) is 14.4. The van der Waals surface area contributed by atoms with Crippen molar-refractivity contribution in [2.24, 2.45) is 0 Å². The molecule has 0 aliphatic rings. The molecule has 9 rings (SSSR count). The van der Waals surface area contributed by atoms with Crippen LogP contribution in [0.15, 0.2) is 138 Å². The van der Waals surface area contributed by atoms with E-state index < -0.39 is 0 Å². The molecule has 5 aromatic carbocycles. The Bertz CT molecular complexity index is 2500. The molecule has 0 radical (unpaired) electrons. The van der Waals surface area contributed by atoms with E-state index in [1.807, 2.05) is 126 Å². The Hall–Kier alpha value is -6.21. The second-order valence-electron chi connectivity index (χ2n) is 10.7. The van der Waals surface area contributed by atoms with Crippen LogP contribution in [0.5, 0.6) is 0 Å². The molecule has 0 bridgehead atoms. The van der Waals surface area contributed by atoms with Gasteiger partial charge in [0.15, 0.2) is 11.6 Å². The van der Waals surface area contributed by atoms with Crippen LogP contribution in [0.1, 0.15) is 0 Å². The van der Waals surface area contributed by atoms with Gasteiger partial charge >= 0.3 is 0 Å². The normalized spacial score (nSPS) is 11.7. The van der Waals surface area contributed by atoms with E-state index in [1.165, 1.54) is 0 Å². The largest absolute Gasteiger partial charge is 0.281 e. The van der Waals surface area contributed by atoms with Crippen molar-refractivity contribution in [3.8, 4) is 40.1 Å². The Balaban J connectivity index is 1.46. The third kappa shape index (κ3) is 3.53. The van der Waals surface area contributed by atoms with E-state index >= 15 is 0 Å². The van der Waals surface area contributed by atoms with Gasteiger partial charge in [0.1, 0.15) is 11.3 Å². The van der Waals surface area contributed by atoms with Crippen molar-refractivity contribution in [3.05, 3.63) is 144 Å². The maximum Gasteiger partial charge on any atom is 0.281 e. The molecule has 4 heterocycles. The minimum absolute atomic E-state index is 0.181. The summed E-state index contributed by atoms with van der Waals surface area (Å²) < 4.78 is 3.64. The zero-order valence-electron chi connectivity index (χ0n) is 23.3. The summed E-state index contributed by atoms with van der Waals surface area (Å²) in [4.78, 5) is 34.7. The van der Waals surface area contributed by atoms with Crippen molar-refractivity contribution in [3.63, 3.8) is 0 Å². The van der Waals surface area contributed by atoms with Crippen molar-refractivity contribution in [1.82, 2.24) is 28.9 Å². The number of aromatic nitrogens is 6. The lowest BCUT2D eigenvalue weighted by atomic mass is 10.1. The second kappa shape index (κ2) is 9.40. The van der Waals surface area contributed by atoms with E-state index in [0.29, 0.717) is 28.9 Å². The monoisotopic (exact) mass is 566 g/mol. The summed E-state index contributed by atoms with van der Waals surface area (Å²) in [6.07, 6.45) is 0. The topological polar surface area (TPSA) is 78.0 Å². The van der Waals surface area contributed by atoms with Gasteiger partial charge in [-0.2, -0.15) is 9.97 Å². The molecule has 0 aliphatic heterocycles. The van der Waals surface area contributed by atoms with Crippen molar-refractivity contribution < 1.29 is 0 Å². The molecule has 9 aromatic rings. The number of benzene rings is 5. The second-order valence-corrected chi connectivity index (χ2v) is 10.7. The molecule has 7 nitrogen and oxygen atoms in total. The third-order valence-electron chi connectivity index (χ3n) is 8.15. The summed E-state index contributed by atoms with van der Waals surface area (Å²) in [5.74, 6) is 2.03. The lowest BCUT2D eigenvalue weighted by molar-refractivity contribution is 0.945. The number of hydrogen-bond acceptors (Lipinski definition) is 5. The highest BCUT2D eigenvalue weighted by molar-refractivity contribution is 6.22. The molecule has 44 heavy (non-hydrogen) atoms. The molecule has 0 amide bonds. The average molecular weight is 567 g/mol. The van der Waals surface area contributed by atoms with E-state index in [4.69, 9.17) is 19.9 Å². The summed E-state index contributed by atoms with van der Waals surface area (Å²) >= 11 is 0. The van der Waals surface area contributed by atoms with Crippen molar-refractivity contribution in [1.29, 1.82) is 0 Å². The summed E-state index contributed by atoms with van der Waals surface area (Å²) in [7, 11) is 0.